The number of likely N-dealkylation sites (tertiary alicyclic amines) is 1. The van der Waals surface area contributed by atoms with Crippen molar-refractivity contribution >= 4 is 79.6 Å². The molecule has 16 nitrogen and oxygen atoms in total. The minimum absolute atomic E-state index is 0.0278. The van der Waals surface area contributed by atoms with Crippen molar-refractivity contribution < 1.29 is 32.3 Å². The molecule has 1 aliphatic carbocycles. The monoisotopic (exact) mass is 966 g/mol. The van der Waals surface area contributed by atoms with Gasteiger partial charge in [0.15, 0.2) is 10.3 Å². The Kier molecular flexibility index (Phi) is 17.2. The van der Waals surface area contributed by atoms with Gasteiger partial charge in [-0.15, -0.1) is 0 Å². The van der Waals surface area contributed by atoms with E-state index in [0.29, 0.717) is 53.4 Å². The normalized spacial score (nSPS) is 15.3. The number of allylic oxidation sites excluding steroid dienone is 4. The van der Waals surface area contributed by atoms with Gasteiger partial charge in [-0.1, -0.05) is 61.7 Å². The van der Waals surface area contributed by atoms with Gasteiger partial charge < -0.3 is 37.6 Å². The molecule has 6 aromatic rings. The Labute approximate surface area is 398 Å². The smallest absolute Gasteiger partial charge is 0.253 e. The molecule has 2 amide bonds. The lowest BCUT2D eigenvalue weighted by Crippen LogP contribution is -2.38. The van der Waals surface area contributed by atoms with E-state index in [1.165, 1.54) is 24.5 Å². The predicted octanol–water partition coefficient (Wildman–Crippen LogP) is 8.41. The third-order valence-corrected chi connectivity index (χ3v) is 12.5. The van der Waals surface area contributed by atoms with Crippen molar-refractivity contribution in [2.24, 2.45) is 5.92 Å². The molecule has 0 bridgehead atoms. The van der Waals surface area contributed by atoms with Crippen molar-refractivity contribution in [1.29, 1.82) is 0 Å². The Morgan fingerprint density at radius 1 is 0.765 bits per heavy atom. The van der Waals surface area contributed by atoms with Crippen LogP contribution >= 0.6 is 22.7 Å². The summed E-state index contributed by atoms with van der Waals surface area (Å²) < 4.78 is 42.1. The molecular formula is C47H49F3N12O4S2. The zero-order valence-corrected chi connectivity index (χ0v) is 39.1. The number of halogens is 3. The number of ketones is 2. The number of aromatic nitrogens is 5. The van der Waals surface area contributed by atoms with Crippen LogP contribution in [0.2, 0.25) is 0 Å². The standard InChI is InChI=1S/C23H21FN6O2S.C22H22F2N6O2S.C2H6/c1-13-5-4-7-16(24)18(13)19(31)20-21(25)30-23(33-20)29-17-9-8-14(11-27-17)22(32)28-12-15-6-2-3-10-26-15;1-30-9-3-4-13(30)11-27-21(32)12-7-8-16(26-10-12)28-22-29-20(25)19(33-22)18(31)17-14(23)5-2-6-15(17)24;1-2/h2-4,6-11,13H,5,12,25H2,1H3,(H,28,32)(H,27,29,30);2,5-8,10,13H,3-4,9,11,25H2,1H3,(H,27,32)(H,26,28,29);1-2H3. The highest BCUT2D eigenvalue weighted by Gasteiger charge is 2.29. The van der Waals surface area contributed by atoms with Crippen LogP contribution in [0.5, 0.6) is 0 Å². The molecular weight excluding hydrogens is 918 g/mol. The second kappa shape index (κ2) is 23.4. The number of rotatable bonds is 14. The maximum absolute atomic E-state index is 14.2. The van der Waals surface area contributed by atoms with Gasteiger partial charge in [-0.25, -0.2) is 33.1 Å². The van der Waals surface area contributed by atoms with E-state index >= 15 is 0 Å². The first-order valence-electron chi connectivity index (χ1n) is 21.5. The quantitative estimate of drug-likeness (QED) is 0.0563. The molecule has 0 radical (unpaired) electrons. The lowest BCUT2D eigenvalue weighted by molar-refractivity contribution is 0.0938. The molecule has 1 aromatic carbocycles. The predicted molar refractivity (Wildman–Crippen MR) is 258 cm³/mol. The Morgan fingerprint density at radius 2 is 1.35 bits per heavy atom. The molecule has 6 heterocycles. The fourth-order valence-corrected chi connectivity index (χ4v) is 8.63. The van der Waals surface area contributed by atoms with Crippen LogP contribution in [0, 0.1) is 17.6 Å². The average molecular weight is 967 g/mol. The summed E-state index contributed by atoms with van der Waals surface area (Å²) in [4.78, 5) is 73.2. The number of likely N-dealkylation sites (N-methyl/N-ethyl adjacent to an activating group) is 1. The van der Waals surface area contributed by atoms with Crippen LogP contribution in [0.15, 0.2) is 103 Å². The number of thiazole rings is 2. The van der Waals surface area contributed by atoms with Gasteiger partial charge in [0, 0.05) is 36.8 Å². The van der Waals surface area contributed by atoms with Gasteiger partial charge in [0.25, 0.3) is 11.8 Å². The summed E-state index contributed by atoms with van der Waals surface area (Å²) in [6, 6.07) is 15.4. The average Bonchev–Trinajstić information content (AvgIpc) is 4.05. The van der Waals surface area contributed by atoms with Crippen LogP contribution in [-0.2, 0) is 6.54 Å². The number of nitrogen functional groups attached to an aromatic ring is 2. The van der Waals surface area contributed by atoms with Crippen LogP contribution in [0.25, 0.3) is 0 Å². The highest BCUT2D eigenvalue weighted by molar-refractivity contribution is 7.18. The van der Waals surface area contributed by atoms with Gasteiger partial charge in [0.1, 0.15) is 50.5 Å². The van der Waals surface area contributed by atoms with Crippen molar-refractivity contribution in [2.75, 3.05) is 42.2 Å². The number of benzene rings is 1. The Morgan fingerprint density at radius 3 is 1.87 bits per heavy atom. The number of pyridine rings is 3. The van der Waals surface area contributed by atoms with Gasteiger partial charge in [-0.2, -0.15) is 0 Å². The van der Waals surface area contributed by atoms with E-state index in [2.05, 4.69) is 51.1 Å². The minimum atomic E-state index is -0.975. The number of Topliss-reactive ketones (excluding diaryl/α,β-unsaturated/α-hetero) is 1. The number of carbonyl (C=O) groups is 4. The number of carbonyl (C=O) groups excluding carboxylic acids is 4. The number of hydrogen-bond donors (Lipinski definition) is 6. The summed E-state index contributed by atoms with van der Waals surface area (Å²) in [6.07, 6.45) is 10.3. The molecule has 1 saturated heterocycles. The summed E-state index contributed by atoms with van der Waals surface area (Å²) in [5.41, 5.74) is 12.7. The third kappa shape index (κ3) is 12.5. The first kappa shape index (κ1) is 50.1. The minimum Gasteiger partial charge on any atom is -0.382 e. The molecule has 1 aliphatic heterocycles. The number of amides is 2. The fraction of sp³-hybridized carbons (Fsp3) is 0.255. The van der Waals surface area contributed by atoms with E-state index < -0.39 is 34.6 Å². The molecule has 68 heavy (non-hydrogen) atoms. The Hall–Kier alpha value is -7.36. The van der Waals surface area contributed by atoms with Crippen molar-refractivity contribution in [2.45, 2.75) is 52.6 Å². The number of anilines is 6. The molecule has 0 spiro atoms. The van der Waals surface area contributed by atoms with Crippen LogP contribution in [0.4, 0.5) is 46.7 Å². The molecule has 8 rings (SSSR count). The van der Waals surface area contributed by atoms with E-state index in [4.69, 9.17) is 11.5 Å². The molecule has 354 valence electrons. The van der Waals surface area contributed by atoms with Gasteiger partial charge in [0.05, 0.1) is 28.9 Å². The number of nitrogens with one attached hydrogen (secondary N) is 4. The lowest BCUT2D eigenvalue weighted by atomic mass is 9.89. The van der Waals surface area contributed by atoms with Gasteiger partial charge in [-0.3, -0.25) is 24.2 Å². The maximum Gasteiger partial charge on any atom is 0.253 e. The second-order valence-electron chi connectivity index (χ2n) is 15.1. The van der Waals surface area contributed by atoms with Crippen LogP contribution < -0.4 is 32.7 Å². The van der Waals surface area contributed by atoms with E-state index in [0.717, 1.165) is 59.9 Å². The lowest BCUT2D eigenvalue weighted by Gasteiger charge is -2.19. The zero-order valence-electron chi connectivity index (χ0n) is 37.5. The summed E-state index contributed by atoms with van der Waals surface area (Å²) in [5.74, 6) is -3.90. The third-order valence-electron chi connectivity index (χ3n) is 10.5. The topological polar surface area (TPSA) is 236 Å². The highest BCUT2D eigenvalue weighted by atomic mass is 32.1. The van der Waals surface area contributed by atoms with Crippen molar-refractivity contribution in [3.05, 3.63) is 147 Å². The molecule has 0 saturated carbocycles. The summed E-state index contributed by atoms with van der Waals surface area (Å²) >= 11 is 1.88. The summed E-state index contributed by atoms with van der Waals surface area (Å²) in [6.45, 7) is 7.71. The zero-order chi connectivity index (χ0) is 48.9. The summed E-state index contributed by atoms with van der Waals surface area (Å²) in [5, 5.41) is 12.1. The highest BCUT2D eigenvalue weighted by Crippen LogP contribution is 2.35. The fourth-order valence-electron chi connectivity index (χ4n) is 6.95. The Balaban J connectivity index is 0.000000216. The first-order valence-corrected chi connectivity index (χ1v) is 23.1. The van der Waals surface area contributed by atoms with Crippen LogP contribution in [-0.4, -0.2) is 79.4 Å². The molecule has 1 fully saturated rings. The van der Waals surface area contributed by atoms with Crippen molar-refractivity contribution in [3.8, 4) is 0 Å². The Bertz CT molecular complexity index is 2780. The second-order valence-corrected chi connectivity index (χ2v) is 17.1. The van der Waals surface area contributed by atoms with Gasteiger partial charge in [0.2, 0.25) is 11.6 Å². The first-order chi connectivity index (χ1) is 32.7. The van der Waals surface area contributed by atoms with E-state index in [9.17, 15) is 32.3 Å². The number of hydrogen-bond acceptors (Lipinski definition) is 16. The summed E-state index contributed by atoms with van der Waals surface area (Å²) in [7, 11) is 2.04. The van der Waals surface area contributed by atoms with E-state index in [1.807, 2.05) is 33.0 Å². The SMILES string of the molecule is CC.CC1CC=CC(F)=C1C(=O)c1sc(Nc2ccc(C(=O)NCc3ccccn3)cn2)nc1N.CN1CCCC1CNC(=O)c1ccc(Nc2nc(N)c(C(=O)c3c(F)cccc3F)s2)nc1. The molecule has 8 N–H and O–H groups in total. The molecule has 5 aromatic heterocycles. The maximum atomic E-state index is 14.2. The van der Waals surface area contributed by atoms with E-state index in [-0.39, 0.29) is 49.8 Å². The van der Waals surface area contributed by atoms with Crippen molar-refractivity contribution in [3.63, 3.8) is 0 Å². The largest absolute Gasteiger partial charge is 0.382 e. The molecule has 2 aliphatic rings. The van der Waals surface area contributed by atoms with Gasteiger partial charge >= 0.3 is 0 Å². The molecule has 2 unspecified atom stereocenters. The number of nitrogens with two attached hydrogens (primary N) is 2. The molecule has 2 atom stereocenters. The number of nitrogens with zero attached hydrogens (tertiary/aromatic N) is 6. The molecule has 21 heteroatoms. The van der Waals surface area contributed by atoms with Crippen LogP contribution in [0.1, 0.15) is 91.4 Å². The van der Waals surface area contributed by atoms with E-state index in [1.54, 1.807) is 49.5 Å². The van der Waals surface area contributed by atoms with Crippen LogP contribution in [0.3, 0.4) is 0 Å². The van der Waals surface area contributed by atoms with Gasteiger partial charge in [-0.05, 0) is 93.4 Å². The van der Waals surface area contributed by atoms with Crippen molar-refractivity contribution in [1.82, 2.24) is 40.5 Å².